The predicted octanol–water partition coefficient (Wildman–Crippen LogP) is 0.303. The first-order valence-corrected chi connectivity index (χ1v) is 3.89. The second-order valence-electron chi connectivity index (χ2n) is 3.37. The quantitative estimate of drug-likeness (QED) is 0.482. The molecule has 0 saturated heterocycles. The van der Waals surface area contributed by atoms with Crippen molar-refractivity contribution in [1.29, 1.82) is 0 Å². The van der Waals surface area contributed by atoms with Crippen LogP contribution in [0, 0.1) is 0 Å². The Morgan fingerprint density at radius 2 is 2.08 bits per heavy atom. The van der Waals surface area contributed by atoms with Crippen LogP contribution in [0.3, 0.4) is 0 Å². The van der Waals surface area contributed by atoms with E-state index >= 15 is 0 Å². The maximum absolute atomic E-state index is 10.6. The fourth-order valence-electron chi connectivity index (χ4n) is 0.593. The van der Waals surface area contributed by atoms with Crippen molar-refractivity contribution in [2.24, 2.45) is 5.73 Å². The molecular formula is C8H17NO3. The van der Waals surface area contributed by atoms with Crippen LogP contribution in [0.4, 0.5) is 0 Å². The van der Waals surface area contributed by atoms with Crippen LogP contribution in [-0.4, -0.2) is 31.8 Å². The van der Waals surface area contributed by atoms with Crippen LogP contribution in [0.25, 0.3) is 0 Å². The Hall–Kier alpha value is -0.610. The Bertz CT molecular complexity index is 140. The largest absolute Gasteiger partial charge is 0.469 e. The van der Waals surface area contributed by atoms with E-state index in [1.165, 1.54) is 7.11 Å². The highest BCUT2D eigenvalue weighted by atomic mass is 16.5. The molecule has 0 aliphatic heterocycles. The lowest BCUT2D eigenvalue weighted by Crippen LogP contribution is -2.37. The number of carbonyl (C=O) groups excluding carboxylic acids is 1. The van der Waals surface area contributed by atoms with E-state index in [0.717, 1.165) is 0 Å². The van der Waals surface area contributed by atoms with Crippen LogP contribution >= 0.6 is 0 Å². The summed E-state index contributed by atoms with van der Waals surface area (Å²) < 4.78 is 9.58. The summed E-state index contributed by atoms with van der Waals surface area (Å²) in [6.07, 6.45) is 0.284. The van der Waals surface area contributed by atoms with Crippen molar-refractivity contribution in [2.75, 3.05) is 20.3 Å². The van der Waals surface area contributed by atoms with E-state index in [1.807, 2.05) is 13.8 Å². The fourth-order valence-corrected chi connectivity index (χ4v) is 0.593. The first-order chi connectivity index (χ1) is 5.45. The van der Waals surface area contributed by atoms with Crippen LogP contribution < -0.4 is 5.73 Å². The number of rotatable bonds is 5. The molecule has 0 amide bonds. The highest BCUT2D eigenvalue weighted by Gasteiger charge is 2.10. The number of methoxy groups -OCH3 is 1. The minimum absolute atomic E-state index is 0.259. The average molecular weight is 175 g/mol. The van der Waals surface area contributed by atoms with Crippen molar-refractivity contribution >= 4 is 5.97 Å². The zero-order valence-electron chi connectivity index (χ0n) is 7.92. The van der Waals surface area contributed by atoms with Gasteiger partial charge >= 0.3 is 5.97 Å². The van der Waals surface area contributed by atoms with Gasteiger partial charge in [0, 0.05) is 5.54 Å². The minimum Gasteiger partial charge on any atom is -0.469 e. The topological polar surface area (TPSA) is 61.5 Å². The van der Waals surface area contributed by atoms with Gasteiger partial charge in [0.05, 0.1) is 26.7 Å². The highest BCUT2D eigenvalue weighted by Crippen LogP contribution is 1.97. The molecule has 0 heterocycles. The molecule has 0 aromatic heterocycles. The Balaban J connectivity index is 3.28. The van der Waals surface area contributed by atoms with E-state index in [2.05, 4.69) is 4.74 Å². The van der Waals surface area contributed by atoms with Gasteiger partial charge in [-0.05, 0) is 13.8 Å². The molecule has 0 spiro atoms. The van der Waals surface area contributed by atoms with E-state index < -0.39 is 0 Å². The lowest BCUT2D eigenvalue weighted by Gasteiger charge is -2.17. The molecule has 0 saturated carbocycles. The molecule has 4 heteroatoms. The Labute approximate surface area is 73.0 Å². The minimum atomic E-state index is -0.337. The van der Waals surface area contributed by atoms with Crippen molar-refractivity contribution in [3.63, 3.8) is 0 Å². The summed E-state index contributed by atoms with van der Waals surface area (Å²) >= 11 is 0. The smallest absolute Gasteiger partial charge is 0.307 e. The third-order valence-electron chi connectivity index (χ3n) is 1.15. The number of nitrogens with two attached hydrogens (primary N) is 1. The van der Waals surface area contributed by atoms with Gasteiger partial charge in [-0.2, -0.15) is 0 Å². The number of ether oxygens (including phenoxy) is 2. The molecular weight excluding hydrogens is 158 g/mol. The number of carbonyl (C=O) groups is 1. The van der Waals surface area contributed by atoms with Gasteiger partial charge in [-0.15, -0.1) is 0 Å². The van der Waals surface area contributed by atoms with Crippen molar-refractivity contribution in [2.45, 2.75) is 25.8 Å². The average Bonchev–Trinajstić information content (AvgIpc) is 1.96. The van der Waals surface area contributed by atoms with Crippen LogP contribution in [0.1, 0.15) is 20.3 Å². The lowest BCUT2D eigenvalue weighted by molar-refractivity contribution is -0.141. The first-order valence-electron chi connectivity index (χ1n) is 3.89. The summed E-state index contributed by atoms with van der Waals surface area (Å²) in [6, 6.07) is 0. The fraction of sp³-hybridized carbons (Fsp3) is 0.875. The number of esters is 1. The van der Waals surface area contributed by atoms with Gasteiger partial charge in [0.2, 0.25) is 0 Å². The first kappa shape index (κ1) is 11.4. The van der Waals surface area contributed by atoms with Gasteiger partial charge in [-0.25, -0.2) is 0 Å². The molecule has 72 valence electrons. The summed E-state index contributed by atoms with van der Waals surface area (Å²) in [6.45, 7) is 4.55. The summed E-state index contributed by atoms with van der Waals surface area (Å²) in [4.78, 5) is 10.6. The molecule has 0 aromatic carbocycles. The third kappa shape index (κ3) is 7.50. The summed E-state index contributed by atoms with van der Waals surface area (Å²) in [5.74, 6) is -0.259. The van der Waals surface area contributed by atoms with Crippen LogP contribution in [0.2, 0.25) is 0 Å². The molecule has 0 unspecified atom stereocenters. The molecule has 0 bridgehead atoms. The number of hydrogen-bond acceptors (Lipinski definition) is 4. The van der Waals surface area contributed by atoms with Crippen molar-refractivity contribution in [1.82, 2.24) is 0 Å². The Morgan fingerprint density at radius 3 is 2.50 bits per heavy atom. The van der Waals surface area contributed by atoms with Gasteiger partial charge in [0.15, 0.2) is 0 Å². The van der Waals surface area contributed by atoms with Gasteiger partial charge in [-0.1, -0.05) is 0 Å². The second kappa shape index (κ2) is 5.11. The summed E-state index contributed by atoms with van der Waals surface area (Å²) in [5.41, 5.74) is 5.31. The Morgan fingerprint density at radius 1 is 1.50 bits per heavy atom. The predicted molar refractivity (Wildman–Crippen MR) is 45.7 cm³/mol. The molecule has 2 N–H and O–H groups in total. The zero-order valence-corrected chi connectivity index (χ0v) is 7.92. The van der Waals surface area contributed by atoms with Crippen LogP contribution in [0.5, 0.6) is 0 Å². The van der Waals surface area contributed by atoms with Crippen molar-refractivity contribution in [3.05, 3.63) is 0 Å². The zero-order chi connectivity index (χ0) is 9.61. The van der Waals surface area contributed by atoms with Crippen LogP contribution in [0.15, 0.2) is 0 Å². The maximum Gasteiger partial charge on any atom is 0.307 e. The standard InChI is InChI=1S/C8H17NO3/c1-8(2,9)6-12-5-4-7(10)11-3/h4-6,9H2,1-3H3. The van der Waals surface area contributed by atoms with E-state index in [9.17, 15) is 4.79 Å². The second-order valence-corrected chi connectivity index (χ2v) is 3.37. The molecule has 12 heavy (non-hydrogen) atoms. The monoisotopic (exact) mass is 175 g/mol. The summed E-state index contributed by atoms with van der Waals surface area (Å²) in [7, 11) is 1.36. The maximum atomic E-state index is 10.6. The SMILES string of the molecule is COC(=O)CCOCC(C)(C)N. The van der Waals surface area contributed by atoms with Gasteiger partial charge < -0.3 is 15.2 Å². The highest BCUT2D eigenvalue weighted by molar-refractivity contribution is 5.69. The molecule has 0 rings (SSSR count). The van der Waals surface area contributed by atoms with Gasteiger partial charge in [-0.3, -0.25) is 4.79 Å². The molecule has 0 aliphatic carbocycles. The van der Waals surface area contributed by atoms with Crippen LogP contribution in [-0.2, 0) is 14.3 Å². The van der Waals surface area contributed by atoms with E-state index in [1.54, 1.807) is 0 Å². The van der Waals surface area contributed by atoms with Crippen molar-refractivity contribution < 1.29 is 14.3 Å². The summed E-state index contributed by atoms with van der Waals surface area (Å²) in [5, 5.41) is 0. The van der Waals surface area contributed by atoms with E-state index in [0.29, 0.717) is 13.2 Å². The molecule has 0 atom stereocenters. The van der Waals surface area contributed by atoms with E-state index in [-0.39, 0.29) is 17.9 Å². The normalized spacial score (nSPS) is 11.3. The number of hydrogen-bond donors (Lipinski definition) is 1. The molecule has 0 fully saturated rings. The van der Waals surface area contributed by atoms with Gasteiger partial charge in [0.25, 0.3) is 0 Å². The molecule has 0 aliphatic rings. The molecule has 0 aromatic rings. The van der Waals surface area contributed by atoms with E-state index in [4.69, 9.17) is 10.5 Å². The Kier molecular flexibility index (Phi) is 4.85. The molecule has 4 nitrogen and oxygen atoms in total. The third-order valence-corrected chi connectivity index (χ3v) is 1.15. The molecule has 0 radical (unpaired) electrons. The van der Waals surface area contributed by atoms with Crippen molar-refractivity contribution in [3.8, 4) is 0 Å². The lowest BCUT2D eigenvalue weighted by atomic mass is 10.1. The van der Waals surface area contributed by atoms with Gasteiger partial charge in [0.1, 0.15) is 0 Å².